The molecule has 3 heteroatoms. The lowest BCUT2D eigenvalue weighted by atomic mass is 9.97. The van der Waals surface area contributed by atoms with E-state index in [9.17, 15) is 0 Å². The normalized spacial score (nSPS) is 10.9. The highest BCUT2D eigenvalue weighted by Crippen LogP contribution is 2.34. The number of nitrogens with one attached hydrogen (secondary N) is 1. The average molecular weight is 260 g/mol. The maximum Gasteiger partial charge on any atom is 0.0801 e. The maximum absolute atomic E-state index is 4.51. The Labute approximate surface area is 113 Å². The van der Waals surface area contributed by atoms with Crippen molar-refractivity contribution in [1.29, 1.82) is 0 Å². The van der Waals surface area contributed by atoms with E-state index in [1.54, 1.807) is 11.3 Å². The van der Waals surface area contributed by atoms with Gasteiger partial charge in [-0.05, 0) is 44.5 Å². The van der Waals surface area contributed by atoms with Crippen LogP contribution in [0.5, 0.6) is 0 Å². The van der Waals surface area contributed by atoms with Crippen molar-refractivity contribution in [2.75, 3.05) is 13.6 Å². The minimum absolute atomic E-state index is 0.973. The molecule has 0 fully saturated rings. The summed E-state index contributed by atoms with van der Waals surface area (Å²) in [6.07, 6.45) is 0.988. The second-order valence-electron chi connectivity index (χ2n) is 4.76. The Balaban J connectivity index is 2.46. The van der Waals surface area contributed by atoms with E-state index in [-0.39, 0.29) is 0 Å². The van der Waals surface area contributed by atoms with E-state index in [2.05, 4.69) is 43.2 Å². The van der Waals surface area contributed by atoms with Crippen LogP contribution in [0, 0.1) is 20.8 Å². The molecular weight excluding hydrogens is 240 g/mol. The summed E-state index contributed by atoms with van der Waals surface area (Å²) in [5, 5.41) is 3.19. The molecular formula is C15H20N2S. The molecule has 0 amide bonds. The van der Waals surface area contributed by atoms with Crippen LogP contribution in [0.1, 0.15) is 22.4 Å². The van der Waals surface area contributed by atoms with Gasteiger partial charge in [0.1, 0.15) is 0 Å². The van der Waals surface area contributed by atoms with Gasteiger partial charge in [0, 0.05) is 13.0 Å². The van der Waals surface area contributed by atoms with Crippen LogP contribution in [0.25, 0.3) is 10.4 Å². The van der Waals surface area contributed by atoms with Gasteiger partial charge in [0.15, 0.2) is 0 Å². The summed E-state index contributed by atoms with van der Waals surface area (Å²) in [7, 11) is 1.98. The van der Waals surface area contributed by atoms with E-state index in [4.69, 9.17) is 0 Å². The van der Waals surface area contributed by atoms with Crippen molar-refractivity contribution in [3.63, 3.8) is 0 Å². The Hall–Kier alpha value is -1.19. The molecule has 0 atom stereocenters. The highest BCUT2D eigenvalue weighted by Gasteiger charge is 2.13. The van der Waals surface area contributed by atoms with Crippen LogP contribution >= 0.6 is 11.3 Å². The number of hydrogen-bond donors (Lipinski definition) is 1. The lowest BCUT2D eigenvalue weighted by Crippen LogP contribution is -2.11. The van der Waals surface area contributed by atoms with Crippen LogP contribution < -0.4 is 5.32 Å². The van der Waals surface area contributed by atoms with Gasteiger partial charge >= 0.3 is 0 Å². The summed E-state index contributed by atoms with van der Waals surface area (Å²) < 4.78 is 0. The molecule has 2 aromatic rings. The second kappa shape index (κ2) is 5.63. The van der Waals surface area contributed by atoms with Crippen LogP contribution in [0.2, 0.25) is 0 Å². The molecule has 1 heterocycles. The van der Waals surface area contributed by atoms with E-state index in [1.165, 1.54) is 32.8 Å². The van der Waals surface area contributed by atoms with Gasteiger partial charge in [-0.1, -0.05) is 17.7 Å². The Morgan fingerprint density at radius 2 is 1.83 bits per heavy atom. The first kappa shape index (κ1) is 13.2. The molecule has 1 N–H and O–H groups in total. The summed E-state index contributed by atoms with van der Waals surface area (Å²) >= 11 is 1.75. The van der Waals surface area contributed by atoms with Crippen molar-refractivity contribution in [2.24, 2.45) is 0 Å². The smallest absolute Gasteiger partial charge is 0.0801 e. The van der Waals surface area contributed by atoms with Gasteiger partial charge in [0.05, 0.1) is 16.1 Å². The number of nitrogens with zero attached hydrogens (tertiary/aromatic N) is 1. The summed E-state index contributed by atoms with van der Waals surface area (Å²) in [5.41, 5.74) is 8.57. The fourth-order valence-corrected chi connectivity index (χ4v) is 3.45. The van der Waals surface area contributed by atoms with Gasteiger partial charge in [-0.15, -0.1) is 11.3 Å². The topological polar surface area (TPSA) is 24.9 Å². The first-order valence-electron chi connectivity index (χ1n) is 6.28. The van der Waals surface area contributed by atoms with E-state index < -0.39 is 0 Å². The largest absolute Gasteiger partial charge is 0.319 e. The molecule has 1 aromatic carbocycles. The maximum atomic E-state index is 4.51. The predicted octanol–water partition coefficient (Wildman–Crippen LogP) is 3.50. The predicted molar refractivity (Wildman–Crippen MR) is 79.4 cm³/mol. The van der Waals surface area contributed by atoms with Crippen molar-refractivity contribution in [2.45, 2.75) is 27.2 Å². The lowest BCUT2D eigenvalue weighted by Gasteiger charge is -2.11. The molecule has 18 heavy (non-hydrogen) atoms. The zero-order valence-corrected chi connectivity index (χ0v) is 12.3. The molecule has 0 aliphatic heterocycles. The second-order valence-corrected chi connectivity index (χ2v) is 5.61. The van der Waals surface area contributed by atoms with E-state index >= 15 is 0 Å². The molecule has 2 nitrogen and oxygen atoms in total. The molecule has 0 saturated heterocycles. The Bertz CT molecular complexity index is 520. The van der Waals surface area contributed by atoms with Crippen LogP contribution in [0.3, 0.4) is 0 Å². The third-order valence-electron chi connectivity index (χ3n) is 3.16. The number of thiazole rings is 1. The minimum Gasteiger partial charge on any atom is -0.319 e. The minimum atomic E-state index is 0.973. The van der Waals surface area contributed by atoms with Crippen molar-refractivity contribution >= 4 is 11.3 Å². The van der Waals surface area contributed by atoms with Crippen molar-refractivity contribution < 1.29 is 0 Å². The van der Waals surface area contributed by atoms with Crippen molar-refractivity contribution in [1.82, 2.24) is 10.3 Å². The SMILES string of the molecule is CNCCc1ncsc1-c1c(C)cc(C)cc1C. The van der Waals surface area contributed by atoms with E-state index in [1.807, 2.05) is 12.6 Å². The molecule has 0 saturated carbocycles. The number of benzene rings is 1. The molecule has 0 bridgehead atoms. The molecule has 0 aliphatic rings. The van der Waals surface area contributed by atoms with Crippen LogP contribution in [-0.2, 0) is 6.42 Å². The highest BCUT2D eigenvalue weighted by molar-refractivity contribution is 7.13. The number of hydrogen-bond acceptors (Lipinski definition) is 3. The summed E-state index contributed by atoms with van der Waals surface area (Å²) in [5.74, 6) is 0. The molecule has 1 aromatic heterocycles. The third kappa shape index (κ3) is 2.62. The van der Waals surface area contributed by atoms with Gasteiger partial charge in [0.25, 0.3) is 0 Å². The Morgan fingerprint density at radius 3 is 2.44 bits per heavy atom. The van der Waals surface area contributed by atoms with E-state index in [0.717, 1.165) is 13.0 Å². The average Bonchev–Trinajstić information content (AvgIpc) is 2.73. The number of aromatic nitrogens is 1. The molecule has 0 radical (unpaired) electrons. The Morgan fingerprint density at radius 1 is 1.17 bits per heavy atom. The van der Waals surface area contributed by atoms with Crippen molar-refractivity contribution in [3.8, 4) is 10.4 Å². The van der Waals surface area contributed by atoms with Crippen LogP contribution in [-0.4, -0.2) is 18.6 Å². The van der Waals surface area contributed by atoms with Crippen LogP contribution in [0.4, 0.5) is 0 Å². The van der Waals surface area contributed by atoms with Gasteiger partial charge < -0.3 is 5.32 Å². The standard InChI is InChI=1S/C15H20N2S/c1-10-7-11(2)14(12(3)8-10)15-13(5-6-16-4)17-9-18-15/h7-9,16H,5-6H2,1-4H3. The summed E-state index contributed by atoms with van der Waals surface area (Å²) in [6.45, 7) is 7.51. The zero-order chi connectivity index (χ0) is 13.1. The molecule has 0 spiro atoms. The number of likely N-dealkylation sites (N-methyl/N-ethyl adjacent to an activating group) is 1. The van der Waals surface area contributed by atoms with Gasteiger partial charge in [-0.2, -0.15) is 0 Å². The Kier molecular flexibility index (Phi) is 4.15. The molecule has 96 valence electrons. The molecule has 0 unspecified atom stereocenters. The zero-order valence-electron chi connectivity index (χ0n) is 11.5. The van der Waals surface area contributed by atoms with Crippen molar-refractivity contribution in [3.05, 3.63) is 40.0 Å². The van der Waals surface area contributed by atoms with Gasteiger partial charge in [-0.3, -0.25) is 0 Å². The fourth-order valence-electron chi connectivity index (χ4n) is 2.43. The quantitative estimate of drug-likeness (QED) is 0.910. The molecule has 0 aliphatic carbocycles. The lowest BCUT2D eigenvalue weighted by molar-refractivity contribution is 0.781. The highest BCUT2D eigenvalue weighted by atomic mass is 32.1. The third-order valence-corrected chi connectivity index (χ3v) is 4.04. The first-order valence-corrected chi connectivity index (χ1v) is 7.16. The number of rotatable bonds is 4. The fraction of sp³-hybridized carbons (Fsp3) is 0.400. The van der Waals surface area contributed by atoms with Crippen LogP contribution in [0.15, 0.2) is 17.6 Å². The monoisotopic (exact) mass is 260 g/mol. The van der Waals surface area contributed by atoms with Gasteiger partial charge in [0.2, 0.25) is 0 Å². The number of aryl methyl sites for hydroxylation is 3. The summed E-state index contributed by atoms with van der Waals surface area (Å²) in [4.78, 5) is 5.85. The van der Waals surface area contributed by atoms with E-state index in [0.29, 0.717) is 0 Å². The summed E-state index contributed by atoms with van der Waals surface area (Å²) in [6, 6.07) is 4.51. The molecule has 2 rings (SSSR count). The first-order chi connectivity index (χ1) is 8.63. The van der Waals surface area contributed by atoms with Gasteiger partial charge in [-0.25, -0.2) is 4.98 Å².